The van der Waals surface area contributed by atoms with E-state index in [1.807, 2.05) is 13.0 Å². The largest absolute Gasteiger partial charge is 0.366 e. The number of rotatable bonds is 5. The summed E-state index contributed by atoms with van der Waals surface area (Å²) in [4.78, 5) is 8.75. The molecule has 1 aromatic heterocycles. The lowest BCUT2D eigenvalue weighted by molar-refractivity contribution is 1.05. The zero-order chi connectivity index (χ0) is 14.5. The Balaban J connectivity index is 2.23. The fraction of sp³-hybridized carbons (Fsp3) is 0.250. The average Bonchev–Trinajstić information content (AvgIpc) is 2.39. The fourth-order valence-electron chi connectivity index (χ4n) is 1.99. The van der Waals surface area contributed by atoms with Gasteiger partial charge in [-0.3, -0.25) is 0 Å². The van der Waals surface area contributed by atoms with E-state index < -0.39 is 0 Å². The van der Waals surface area contributed by atoms with E-state index in [2.05, 4.69) is 59.2 Å². The van der Waals surface area contributed by atoms with Crippen LogP contribution in [0.1, 0.15) is 17.0 Å². The van der Waals surface area contributed by atoms with Crippen molar-refractivity contribution in [2.45, 2.75) is 20.8 Å². The Kier molecular flexibility index (Phi) is 4.35. The summed E-state index contributed by atoms with van der Waals surface area (Å²) < 4.78 is 0. The van der Waals surface area contributed by atoms with E-state index in [-0.39, 0.29) is 0 Å². The third-order valence-corrected chi connectivity index (χ3v) is 2.91. The molecule has 0 radical (unpaired) electrons. The van der Waals surface area contributed by atoms with Crippen LogP contribution < -0.4 is 10.6 Å². The molecule has 0 bridgehead atoms. The van der Waals surface area contributed by atoms with Gasteiger partial charge in [0.15, 0.2) is 0 Å². The van der Waals surface area contributed by atoms with Crippen LogP contribution in [0.25, 0.3) is 0 Å². The van der Waals surface area contributed by atoms with Crippen LogP contribution in [0.15, 0.2) is 36.9 Å². The van der Waals surface area contributed by atoms with Crippen LogP contribution in [0.3, 0.4) is 0 Å². The molecule has 0 amide bonds. The molecule has 20 heavy (non-hydrogen) atoms. The monoisotopic (exact) mass is 268 g/mol. The van der Waals surface area contributed by atoms with Gasteiger partial charge in [0, 0.05) is 18.3 Å². The van der Waals surface area contributed by atoms with Crippen molar-refractivity contribution >= 4 is 17.3 Å². The van der Waals surface area contributed by atoms with Gasteiger partial charge in [-0.2, -0.15) is 0 Å². The summed E-state index contributed by atoms with van der Waals surface area (Å²) >= 11 is 0. The van der Waals surface area contributed by atoms with Gasteiger partial charge < -0.3 is 10.6 Å². The molecular weight excluding hydrogens is 248 g/mol. The predicted molar refractivity (Wildman–Crippen MR) is 84.7 cm³/mol. The minimum Gasteiger partial charge on any atom is -0.366 e. The number of aromatic nitrogens is 2. The summed E-state index contributed by atoms with van der Waals surface area (Å²) in [6.07, 6.45) is 1.80. The summed E-state index contributed by atoms with van der Waals surface area (Å²) in [7, 11) is 0. The molecular formula is C16H20N4. The highest BCUT2D eigenvalue weighted by molar-refractivity contribution is 5.63. The van der Waals surface area contributed by atoms with Crippen LogP contribution in [0.4, 0.5) is 17.3 Å². The Morgan fingerprint density at radius 1 is 1.10 bits per heavy atom. The lowest BCUT2D eigenvalue weighted by atomic mass is 10.1. The first-order chi connectivity index (χ1) is 9.58. The quantitative estimate of drug-likeness (QED) is 0.811. The lowest BCUT2D eigenvalue weighted by Crippen LogP contribution is -2.05. The van der Waals surface area contributed by atoms with Gasteiger partial charge in [0.1, 0.15) is 17.5 Å². The van der Waals surface area contributed by atoms with E-state index in [9.17, 15) is 0 Å². The van der Waals surface area contributed by atoms with Gasteiger partial charge in [-0.05, 0) is 32.4 Å². The highest BCUT2D eigenvalue weighted by atomic mass is 15.1. The first-order valence-electron chi connectivity index (χ1n) is 6.63. The maximum absolute atomic E-state index is 4.41. The Bertz CT molecular complexity index is 620. The van der Waals surface area contributed by atoms with Crippen LogP contribution in [0.2, 0.25) is 0 Å². The standard InChI is InChI=1S/C16H20N4/c1-5-8-17-15-10-16(19-13(4)18-15)20-14-7-6-11(2)9-12(14)3/h5-7,9-10H,1,8H2,2-4H3,(H2,17,18,19,20). The van der Waals surface area contributed by atoms with Crippen molar-refractivity contribution in [3.05, 3.63) is 53.9 Å². The van der Waals surface area contributed by atoms with Crippen LogP contribution in [0, 0.1) is 20.8 Å². The molecule has 104 valence electrons. The van der Waals surface area contributed by atoms with Crippen molar-refractivity contribution in [3.8, 4) is 0 Å². The third kappa shape index (κ3) is 3.57. The van der Waals surface area contributed by atoms with Gasteiger partial charge in [0.25, 0.3) is 0 Å². The Hall–Kier alpha value is -2.36. The minimum absolute atomic E-state index is 0.680. The Morgan fingerprint density at radius 2 is 1.85 bits per heavy atom. The molecule has 1 heterocycles. The molecule has 4 heteroatoms. The molecule has 2 rings (SSSR count). The summed E-state index contributed by atoms with van der Waals surface area (Å²) in [6, 6.07) is 8.20. The molecule has 0 saturated heterocycles. The summed E-state index contributed by atoms with van der Waals surface area (Å²) in [5.41, 5.74) is 3.51. The number of anilines is 3. The predicted octanol–water partition coefficient (Wildman–Crippen LogP) is 3.74. The number of benzene rings is 1. The molecule has 0 fully saturated rings. The van der Waals surface area contributed by atoms with Gasteiger partial charge in [0.05, 0.1) is 0 Å². The van der Waals surface area contributed by atoms with E-state index in [4.69, 9.17) is 0 Å². The molecule has 0 saturated carbocycles. The number of nitrogens with one attached hydrogen (secondary N) is 2. The van der Waals surface area contributed by atoms with Gasteiger partial charge in [-0.1, -0.05) is 23.8 Å². The van der Waals surface area contributed by atoms with E-state index >= 15 is 0 Å². The first kappa shape index (κ1) is 14.1. The summed E-state index contributed by atoms with van der Waals surface area (Å²) in [6.45, 7) is 10.4. The highest BCUT2D eigenvalue weighted by Crippen LogP contribution is 2.21. The molecule has 0 spiro atoms. The van der Waals surface area contributed by atoms with Gasteiger partial charge in [0.2, 0.25) is 0 Å². The summed E-state index contributed by atoms with van der Waals surface area (Å²) in [5, 5.41) is 6.52. The zero-order valence-corrected chi connectivity index (χ0v) is 12.2. The van der Waals surface area contributed by atoms with Crippen molar-refractivity contribution in [3.63, 3.8) is 0 Å². The molecule has 4 nitrogen and oxygen atoms in total. The minimum atomic E-state index is 0.680. The molecule has 2 aromatic rings. The van der Waals surface area contributed by atoms with Crippen LogP contribution in [0.5, 0.6) is 0 Å². The number of aryl methyl sites for hydroxylation is 3. The first-order valence-corrected chi connectivity index (χ1v) is 6.63. The van der Waals surface area contributed by atoms with Crippen LogP contribution in [-0.4, -0.2) is 16.5 Å². The lowest BCUT2D eigenvalue weighted by Gasteiger charge is -2.11. The zero-order valence-electron chi connectivity index (χ0n) is 12.2. The smallest absolute Gasteiger partial charge is 0.136 e. The van der Waals surface area contributed by atoms with Crippen molar-refractivity contribution in [1.82, 2.24) is 9.97 Å². The second-order valence-electron chi connectivity index (χ2n) is 4.80. The molecule has 0 aliphatic rings. The fourth-order valence-corrected chi connectivity index (χ4v) is 1.99. The summed E-state index contributed by atoms with van der Waals surface area (Å²) in [5.74, 6) is 2.31. The van der Waals surface area contributed by atoms with E-state index in [1.54, 1.807) is 6.08 Å². The Morgan fingerprint density at radius 3 is 2.55 bits per heavy atom. The molecule has 0 aliphatic heterocycles. The van der Waals surface area contributed by atoms with Gasteiger partial charge >= 0.3 is 0 Å². The average molecular weight is 268 g/mol. The normalized spacial score (nSPS) is 10.2. The maximum Gasteiger partial charge on any atom is 0.136 e. The molecule has 1 aromatic carbocycles. The number of hydrogen-bond acceptors (Lipinski definition) is 4. The third-order valence-electron chi connectivity index (χ3n) is 2.91. The van der Waals surface area contributed by atoms with E-state index in [0.717, 1.165) is 23.1 Å². The van der Waals surface area contributed by atoms with E-state index in [0.29, 0.717) is 6.54 Å². The molecule has 2 N–H and O–H groups in total. The molecule has 0 atom stereocenters. The van der Waals surface area contributed by atoms with Gasteiger partial charge in [-0.25, -0.2) is 9.97 Å². The van der Waals surface area contributed by atoms with Gasteiger partial charge in [-0.15, -0.1) is 6.58 Å². The topological polar surface area (TPSA) is 49.8 Å². The van der Waals surface area contributed by atoms with Crippen molar-refractivity contribution in [1.29, 1.82) is 0 Å². The second kappa shape index (κ2) is 6.19. The number of nitrogens with zero attached hydrogens (tertiary/aromatic N) is 2. The molecule has 0 unspecified atom stereocenters. The number of hydrogen-bond donors (Lipinski definition) is 2. The SMILES string of the molecule is C=CCNc1cc(Nc2ccc(C)cc2C)nc(C)n1. The van der Waals surface area contributed by atoms with Crippen molar-refractivity contribution in [2.75, 3.05) is 17.2 Å². The van der Waals surface area contributed by atoms with Crippen LogP contribution in [-0.2, 0) is 0 Å². The molecule has 0 aliphatic carbocycles. The maximum atomic E-state index is 4.41. The Labute approximate surface area is 120 Å². The van der Waals surface area contributed by atoms with Crippen LogP contribution >= 0.6 is 0 Å². The van der Waals surface area contributed by atoms with Crippen molar-refractivity contribution in [2.24, 2.45) is 0 Å². The highest BCUT2D eigenvalue weighted by Gasteiger charge is 2.04. The van der Waals surface area contributed by atoms with Crippen molar-refractivity contribution < 1.29 is 0 Å². The second-order valence-corrected chi connectivity index (χ2v) is 4.80. The van der Waals surface area contributed by atoms with E-state index in [1.165, 1.54) is 11.1 Å².